The lowest BCUT2D eigenvalue weighted by atomic mass is 10.1. The summed E-state index contributed by atoms with van der Waals surface area (Å²) in [5.74, 6) is 0.839. The molecule has 0 unspecified atom stereocenters. The number of hydrogen-bond acceptors (Lipinski definition) is 5. The molecule has 0 aliphatic heterocycles. The second-order valence-electron chi connectivity index (χ2n) is 6.19. The summed E-state index contributed by atoms with van der Waals surface area (Å²) >= 11 is 0. The maximum Gasteiger partial charge on any atom is 0.248 e. The number of hydrogen-bond donors (Lipinski definition) is 1. The molecule has 2 aromatic carbocycles. The average molecular weight is 404 g/mol. The van der Waals surface area contributed by atoms with E-state index in [9.17, 15) is 13.2 Å². The lowest BCUT2D eigenvalue weighted by molar-refractivity contribution is -0.111. The molecule has 0 aliphatic rings. The number of benzene rings is 2. The molecule has 0 saturated heterocycles. The Balaban J connectivity index is 2.25. The van der Waals surface area contributed by atoms with Crippen molar-refractivity contribution in [3.63, 3.8) is 0 Å². The molecule has 2 rings (SSSR count). The zero-order valence-electron chi connectivity index (χ0n) is 16.5. The number of ether oxygens (including phenoxy) is 2. The van der Waals surface area contributed by atoms with Crippen molar-refractivity contribution in [2.24, 2.45) is 0 Å². The molecule has 0 aliphatic carbocycles. The Morgan fingerprint density at radius 3 is 2.39 bits per heavy atom. The van der Waals surface area contributed by atoms with Crippen molar-refractivity contribution in [2.45, 2.75) is 11.8 Å². The van der Waals surface area contributed by atoms with Crippen LogP contribution in [-0.4, -0.2) is 46.9 Å². The van der Waals surface area contributed by atoms with Crippen molar-refractivity contribution in [1.82, 2.24) is 4.31 Å². The van der Waals surface area contributed by atoms with Gasteiger partial charge in [0.1, 0.15) is 11.5 Å². The Hall–Kier alpha value is -2.84. The van der Waals surface area contributed by atoms with E-state index in [4.69, 9.17) is 9.47 Å². The van der Waals surface area contributed by atoms with E-state index in [0.717, 1.165) is 9.87 Å². The van der Waals surface area contributed by atoms with Gasteiger partial charge in [-0.25, -0.2) is 12.7 Å². The second kappa shape index (κ2) is 8.90. The van der Waals surface area contributed by atoms with Gasteiger partial charge in [-0.05, 0) is 48.9 Å². The van der Waals surface area contributed by atoms with Gasteiger partial charge in [0.05, 0.1) is 19.1 Å². The van der Waals surface area contributed by atoms with Crippen LogP contribution in [0.15, 0.2) is 47.4 Å². The highest BCUT2D eigenvalue weighted by atomic mass is 32.2. The van der Waals surface area contributed by atoms with Crippen LogP contribution < -0.4 is 14.8 Å². The first-order valence-electron chi connectivity index (χ1n) is 8.43. The van der Waals surface area contributed by atoms with Crippen LogP contribution in [0.2, 0.25) is 0 Å². The van der Waals surface area contributed by atoms with Gasteiger partial charge < -0.3 is 14.8 Å². The first-order valence-corrected chi connectivity index (χ1v) is 9.87. The number of aryl methyl sites for hydroxylation is 1. The van der Waals surface area contributed by atoms with E-state index < -0.39 is 15.9 Å². The number of nitrogens with one attached hydrogen (secondary N) is 1. The molecular formula is C20H24N2O5S. The molecule has 0 fully saturated rings. The molecule has 2 aromatic rings. The van der Waals surface area contributed by atoms with Gasteiger partial charge in [-0.1, -0.05) is 6.07 Å². The molecule has 0 aromatic heterocycles. The number of anilines is 1. The summed E-state index contributed by atoms with van der Waals surface area (Å²) in [6, 6.07) is 9.87. The highest BCUT2D eigenvalue weighted by Crippen LogP contribution is 2.25. The van der Waals surface area contributed by atoms with E-state index in [1.165, 1.54) is 32.3 Å². The molecule has 0 spiro atoms. The fourth-order valence-corrected chi connectivity index (χ4v) is 3.35. The average Bonchev–Trinajstić information content (AvgIpc) is 2.67. The van der Waals surface area contributed by atoms with Gasteiger partial charge in [0.25, 0.3) is 0 Å². The molecule has 8 heteroatoms. The molecule has 0 bridgehead atoms. The number of sulfonamides is 1. The molecule has 0 heterocycles. The monoisotopic (exact) mass is 404 g/mol. The number of amides is 1. The van der Waals surface area contributed by atoms with Crippen molar-refractivity contribution < 1.29 is 22.7 Å². The van der Waals surface area contributed by atoms with E-state index in [1.54, 1.807) is 51.5 Å². The third kappa shape index (κ3) is 4.90. The molecule has 0 radical (unpaired) electrons. The molecule has 28 heavy (non-hydrogen) atoms. The number of rotatable bonds is 7. The molecule has 0 atom stereocenters. The fourth-order valence-electron chi connectivity index (χ4n) is 2.42. The summed E-state index contributed by atoms with van der Waals surface area (Å²) in [5, 5.41) is 2.72. The quantitative estimate of drug-likeness (QED) is 0.717. The second-order valence-corrected chi connectivity index (χ2v) is 8.35. The Morgan fingerprint density at radius 1 is 1.07 bits per heavy atom. The maximum absolute atomic E-state index is 12.4. The summed E-state index contributed by atoms with van der Waals surface area (Å²) < 4.78 is 36.2. The third-order valence-electron chi connectivity index (χ3n) is 4.10. The highest BCUT2D eigenvalue weighted by molar-refractivity contribution is 7.89. The summed E-state index contributed by atoms with van der Waals surface area (Å²) in [4.78, 5) is 12.5. The normalized spacial score (nSPS) is 11.6. The van der Waals surface area contributed by atoms with Crippen LogP contribution in [0.1, 0.15) is 11.1 Å². The molecular weight excluding hydrogens is 380 g/mol. The van der Waals surface area contributed by atoms with Gasteiger partial charge in [-0.15, -0.1) is 0 Å². The van der Waals surface area contributed by atoms with Crippen LogP contribution >= 0.6 is 0 Å². The summed E-state index contributed by atoms with van der Waals surface area (Å²) in [6.07, 6.45) is 2.95. The first kappa shape index (κ1) is 21.5. The van der Waals surface area contributed by atoms with E-state index >= 15 is 0 Å². The lowest BCUT2D eigenvalue weighted by Gasteiger charge is -2.14. The van der Waals surface area contributed by atoms with Gasteiger partial charge in [0.15, 0.2) is 0 Å². The van der Waals surface area contributed by atoms with E-state index in [2.05, 4.69) is 5.32 Å². The number of carbonyl (C=O) groups excluding carboxylic acids is 1. The third-order valence-corrected chi connectivity index (χ3v) is 5.91. The maximum atomic E-state index is 12.4. The summed E-state index contributed by atoms with van der Waals surface area (Å²) in [6.45, 7) is 1.79. The Morgan fingerprint density at radius 2 is 1.79 bits per heavy atom. The van der Waals surface area contributed by atoms with Gasteiger partial charge in [-0.3, -0.25) is 4.79 Å². The summed E-state index contributed by atoms with van der Waals surface area (Å²) in [5.41, 5.74) is 1.85. The van der Waals surface area contributed by atoms with Crippen molar-refractivity contribution >= 4 is 27.7 Å². The Bertz CT molecular complexity index is 998. The fraction of sp³-hybridized carbons (Fsp3) is 0.250. The number of carbonyl (C=O) groups is 1. The zero-order valence-corrected chi connectivity index (χ0v) is 17.3. The van der Waals surface area contributed by atoms with Gasteiger partial charge in [0, 0.05) is 31.4 Å². The van der Waals surface area contributed by atoms with Crippen molar-refractivity contribution in [3.8, 4) is 11.5 Å². The highest BCUT2D eigenvalue weighted by Gasteiger charge is 2.18. The summed E-state index contributed by atoms with van der Waals surface area (Å²) in [7, 11) is 2.42. The predicted octanol–water partition coefficient (Wildman–Crippen LogP) is 2.91. The molecule has 0 saturated carbocycles. The molecule has 1 N–H and O–H groups in total. The van der Waals surface area contributed by atoms with Crippen LogP contribution in [0, 0.1) is 6.92 Å². The largest absolute Gasteiger partial charge is 0.497 e. The van der Waals surface area contributed by atoms with E-state index in [0.29, 0.717) is 22.7 Å². The molecule has 1 amide bonds. The zero-order chi connectivity index (χ0) is 20.9. The van der Waals surface area contributed by atoms with E-state index in [-0.39, 0.29) is 4.90 Å². The van der Waals surface area contributed by atoms with Crippen LogP contribution in [0.3, 0.4) is 0 Å². The van der Waals surface area contributed by atoms with Crippen LogP contribution in [0.4, 0.5) is 5.69 Å². The van der Waals surface area contributed by atoms with Crippen molar-refractivity contribution in [3.05, 3.63) is 53.6 Å². The van der Waals surface area contributed by atoms with Gasteiger partial charge in [0.2, 0.25) is 15.9 Å². The van der Waals surface area contributed by atoms with Crippen LogP contribution in [0.5, 0.6) is 11.5 Å². The Labute approximate surface area is 165 Å². The molecule has 7 nitrogen and oxygen atoms in total. The van der Waals surface area contributed by atoms with Crippen molar-refractivity contribution in [2.75, 3.05) is 33.6 Å². The Kier molecular flexibility index (Phi) is 6.82. The molecule has 150 valence electrons. The number of methoxy groups -OCH3 is 2. The predicted molar refractivity (Wildman–Crippen MR) is 109 cm³/mol. The minimum atomic E-state index is -3.59. The standard InChI is InChI=1S/C20H24N2O5S/c1-14-6-9-17(28(24,25)22(2)3)13-18(14)21-20(23)11-7-15-12-16(26-4)8-10-19(15)27-5/h6-13H,1-5H3,(H,21,23)/b11-7+. The van der Waals surface area contributed by atoms with Crippen LogP contribution in [0.25, 0.3) is 6.08 Å². The van der Waals surface area contributed by atoms with Crippen molar-refractivity contribution in [1.29, 1.82) is 0 Å². The lowest BCUT2D eigenvalue weighted by Crippen LogP contribution is -2.22. The number of nitrogens with zero attached hydrogens (tertiary/aromatic N) is 1. The van der Waals surface area contributed by atoms with Gasteiger partial charge in [-0.2, -0.15) is 0 Å². The smallest absolute Gasteiger partial charge is 0.248 e. The van der Waals surface area contributed by atoms with Gasteiger partial charge >= 0.3 is 0 Å². The SMILES string of the molecule is COc1ccc(OC)c(/C=C/C(=O)Nc2cc(S(=O)(=O)N(C)C)ccc2C)c1. The minimum Gasteiger partial charge on any atom is -0.497 e. The van der Waals surface area contributed by atoms with Crippen LogP contribution in [-0.2, 0) is 14.8 Å². The minimum absolute atomic E-state index is 0.108. The van der Waals surface area contributed by atoms with E-state index in [1.807, 2.05) is 0 Å². The topological polar surface area (TPSA) is 84.9 Å². The first-order chi connectivity index (χ1) is 13.2.